The molecule has 0 unspecified atom stereocenters. The second-order valence-corrected chi connectivity index (χ2v) is 4.29. The van der Waals surface area contributed by atoms with Crippen LogP contribution < -0.4 is 10.9 Å². The van der Waals surface area contributed by atoms with Crippen LogP contribution in [-0.4, -0.2) is 10.9 Å². The second kappa shape index (κ2) is 5.45. The van der Waals surface area contributed by atoms with E-state index >= 15 is 0 Å². The van der Waals surface area contributed by atoms with Crippen LogP contribution in [-0.2, 0) is 4.79 Å². The topological polar surface area (TPSA) is 54.0 Å². The minimum atomic E-state index is -0.0542. The fraction of sp³-hybridized carbons (Fsp3) is 0.167. The van der Waals surface area contributed by atoms with E-state index in [4.69, 9.17) is 0 Å². The average molecular weight is 247 g/mol. The van der Waals surface area contributed by atoms with Crippen molar-refractivity contribution in [2.45, 2.75) is 13.3 Å². The quantitative estimate of drug-likeness (QED) is 0.817. The van der Waals surface area contributed by atoms with Crippen molar-refractivity contribution in [2.24, 2.45) is 0 Å². The van der Waals surface area contributed by atoms with Crippen LogP contribution in [0.25, 0.3) is 11.3 Å². The van der Waals surface area contributed by atoms with Crippen LogP contribution in [0.3, 0.4) is 0 Å². The fourth-order valence-electron chi connectivity index (χ4n) is 1.28. The van der Waals surface area contributed by atoms with Gasteiger partial charge in [0, 0.05) is 17.4 Å². The van der Waals surface area contributed by atoms with Gasteiger partial charge in [-0.25, -0.2) is 4.98 Å². The molecule has 2 rings (SSSR count). The molecule has 0 fully saturated rings. The molecule has 2 N–H and O–H groups in total. The smallest absolute Gasteiger partial charge is 0.238 e. The van der Waals surface area contributed by atoms with E-state index in [2.05, 4.69) is 15.8 Å². The summed E-state index contributed by atoms with van der Waals surface area (Å²) in [7, 11) is 0. The summed E-state index contributed by atoms with van der Waals surface area (Å²) in [6.45, 7) is 1.80. The maximum atomic E-state index is 11.1. The summed E-state index contributed by atoms with van der Waals surface area (Å²) in [5, 5.41) is 2.64. The molecule has 0 aliphatic carbocycles. The lowest BCUT2D eigenvalue weighted by Crippen LogP contribution is -2.28. The summed E-state index contributed by atoms with van der Waals surface area (Å²) in [4.78, 5) is 15.4. The standard InChI is InChI=1S/C12H13N3OS/c1-2-11(16)14-15-12-13-10(8-17-12)9-6-4-3-5-7-9/h3-8H,2H2,1H3,(H,13,15)(H,14,16). The third-order valence-electron chi connectivity index (χ3n) is 2.20. The molecule has 1 aromatic heterocycles. The Bertz CT molecular complexity index is 495. The van der Waals surface area contributed by atoms with Gasteiger partial charge in [0.25, 0.3) is 0 Å². The largest absolute Gasteiger partial charge is 0.273 e. The van der Waals surface area contributed by atoms with Crippen LogP contribution in [0, 0.1) is 0 Å². The van der Waals surface area contributed by atoms with Crippen molar-refractivity contribution in [3.63, 3.8) is 0 Å². The number of nitrogens with zero attached hydrogens (tertiary/aromatic N) is 1. The lowest BCUT2D eigenvalue weighted by atomic mass is 10.2. The summed E-state index contributed by atoms with van der Waals surface area (Å²) >= 11 is 1.46. The molecular weight excluding hydrogens is 234 g/mol. The number of benzene rings is 1. The zero-order valence-electron chi connectivity index (χ0n) is 9.43. The normalized spacial score (nSPS) is 9.94. The van der Waals surface area contributed by atoms with Crippen molar-refractivity contribution in [3.8, 4) is 11.3 Å². The fourth-order valence-corrected chi connectivity index (χ4v) is 1.96. The van der Waals surface area contributed by atoms with E-state index in [0.717, 1.165) is 11.3 Å². The molecule has 1 heterocycles. The van der Waals surface area contributed by atoms with Crippen molar-refractivity contribution in [1.82, 2.24) is 10.4 Å². The Labute approximate surface area is 104 Å². The predicted octanol–water partition coefficient (Wildman–Crippen LogP) is 2.66. The van der Waals surface area contributed by atoms with Gasteiger partial charge in [-0.15, -0.1) is 11.3 Å². The first-order valence-electron chi connectivity index (χ1n) is 5.35. The molecule has 1 amide bonds. The van der Waals surface area contributed by atoms with Crippen molar-refractivity contribution in [3.05, 3.63) is 35.7 Å². The Hall–Kier alpha value is -1.88. The van der Waals surface area contributed by atoms with E-state index in [0.29, 0.717) is 11.6 Å². The molecule has 1 aromatic carbocycles. The van der Waals surface area contributed by atoms with E-state index in [1.165, 1.54) is 11.3 Å². The number of thiazole rings is 1. The maximum Gasteiger partial charge on any atom is 0.238 e. The van der Waals surface area contributed by atoms with Gasteiger partial charge < -0.3 is 0 Å². The van der Waals surface area contributed by atoms with Gasteiger partial charge >= 0.3 is 0 Å². The van der Waals surface area contributed by atoms with Crippen LogP contribution in [0.1, 0.15) is 13.3 Å². The summed E-state index contributed by atoms with van der Waals surface area (Å²) in [5.74, 6) is -0.0542. The van der Waals surface area contributed by atoms with Gasteiger partial charge in [-0.05, 0) is 0 Å². The molecule has 0 bridgehead atoms. The Morgan fingerprint density at radius 3 is 2.82 bits per heavy atom. The minimum absolute atomic E-state index is 0.0542. The number of carbonyl (C=O) groups is 1. The van der Waals surface area contributed by atoms with Gasteiger partial charge in [-0.2, -0.15) is 0 Å². The van der Waals surface area contributed by atoms with E-state index in [1.807, 2.05) is 35.7 Å². The Morgan fingerprint density at radius 2 is 2.12 bits per heavy atom. The molecule has 88 valence electrons. The monoisotopic (exact) mass is 247 g/mol. The third kappa shape index (κ3) is 3.04. The van der Waals surface area contributed by atoms with E-state index in [1.54, 1.807) is 6.92 Å². The van der Waals surface area contributed by atoms with Gasteiger partial charge in [-0.3, -0.25) is 15.6 Å². The highest BCUT2D eigenvalue weighted by Gasteiger charge is 2.04. The lowest BCUT2D eigenvalue weighted by Gasteiger charge is -2.02. The molecule has 5 heteroatoms. The van der Waals surface area contributed by atoms with Crippen molar-refractivity contribution < 1.29 is 4.79 Å². The van der Waals surface area contributed by atoms with Crippen LogP contribution in [0.5, 0.6) is 0 Å². The van der Waals surface area contributed by atoms with Gasteiger partial charge in [0.1, 0.15) is 0 Å². The number of aromatic nitrogens is 1. The second-order valence-electron chi connectivity index (χ2n) is 3.43. The molecule has 0 aliphatic heterocycles. The van der Waals surface area contributed by atoms with Crippen LogP contribution >= 0.6 is 11.3 Å². The minimum Gasteiger partial charge on any atom is -0.273 e. The van der Waals surface area contributed by atoms with E-state index in [9.17, 15) is 4.79 Å². The Kier molecular flexibility index (Phi) is 3.72. The van der Waals surface area contributed by atoms with Gasteiger partial charge in [0.2, 0.25) is 11.0 Å². The summed E-state index contributed by atoms with van der Waals surface area (Å²) in [5.41, 5.74) is 7.34. The van der Waals surface area contributed by atoms with Gasteiger partial charge in [-0.1, -0.05) is 37.3 Å². The number of amides is 1. The van der Waals surface area contributed by atoms with Gasteiger partial charge in [0.05, 0.1) is 5.69 Å². The SMILES string of the molecule is CCC(=O)NNc1nc(-c2ccccc2)cs1. The molecule has 0 aliphatic rings. The number of hydrazine groups is 1. The summed E-state index contributed by atoms with van der Waals surface area (Å²) in [6.07, 6.45) is 0.448. The molecule has 0 atom stereocenters. The molecule has 0 radical (unpaired) electrons. The van der Waals surface area contributed by atoms with Crippen LogP contribution in [0.15, 0.2) is 35.7 Å². The average Bonchev–Trinajstić information content (AvgIpc) is 2.86. The number of hydrogen-bond acceptors (Lipinski definition) is 4. The molecule has 0 spiro atoms. The van der Waals surface area contributed by atoms with E-state index in [-0.39, 0.29) is 5.91 Å². The van der Waals surface area contributed by atoms with Crippen LogP contribution in [0.2, 0.25) is 0 Å². The first-order chi connectivity index (χ1) is 8.29. The summed E-state index contributed by atoms with van der Waals surface area (Å²) < 4.78 is 0. The van der Waals surface area contributed by atoms with Crippen molar-refractivity contribution in [1.29, 1.82) is 0 Å². The number of nitrogens with one attached hydrogen (secondary N) is 2. The molecule has 0 saturated carbocycles. The maximum absolute atomic E-state index is 11.1. The number of hydrogen-bond donors (Lipinski definition) is 2. The first-order valence-corrected chi connectivity index (χ1v) is 6.23. The highest BCUT2D eigenvalue weighted by Crippen LogP contribution is 2.23. The first kappa shape index (κ1) is 11.6. The lowest BCUT2D eigenvalue weighted by molar-refractivity contribution is -0.120. The predicted molar refractivity (Wildman–Crippen MR) is 69.6 cm³/mol. The van der Waals surface area contributed by atoms with Gasteiger partial charge in [0.15, 0.2) is 0 Å². The Balaban J connectivity index is 2.04. The highest BCUT2D eigenvalue weighted by atomic mass is 32.1. The molecule has 0 saturated heterocycles. The molecular formula is C12H13N3OS. The Morgan fingerprint density at radius 1 is 1.35 bits per heavy atom. The van der Waals surface area contributed by atoms with Crippen molar-refractivity contribution in [2.75, 3.05) is 5.43 Å². The van der Waals surface area contributed by atoms with E-state index < -0.39 is 0 Å². The zero-order chi connectivity index (χ0) is 12.1. The number of carbonyl (C=O) groups excluding carboxylic acids is 1. The zero-order valence-corrected chi connectivity index (χ0v) is 10.3. The number of rotatable bonds is 4. The van der Waals surface area contributed by atoms with Crippen LogP contribution in [0.4, 0.5) is 5.13 Å². The number of anilines is 1. The molecule has 2 aromatic rings. The highest BCUT2D eigenvalue weighted by molar-refractivity contribution is 7.14. The van der Waals surface area contributed by atoms with Crippen molar-refractivity contribution >= 4 is 22.4 Å². The molecule has 17 heavy (non-hydrogen) atoms. The molecule has 4 nitrogen and oxygen atoms in total. The summed E-state index contributed by atoms with van der Waals surface area (Å²) in [6, 6.07) is 9.92. The third-order valence-corrected chi connectivity index (χ3v) is 2.96.